The average molecular weight is 330 g/mol. The number of hydrogen-bond acceptors (Lipinski definition) is 2. The smallest absolute Gasteiger partial charge is 0.343 e. The van der Waals surface area contributed by atoms with Gasteiger partial charge in [0, 0.05) is 35.4 Å². The van der Waals surface area contributed by atoms with E-state index < -0.39 is 29.9 Å². The van der Waals surface area contributed by atoms with Crippen molar-refractivity contribution in [2.75, 3.05) is 13.1 Å². The van der Waals surface area contributed by atoms with E-state index >= 15 is 0 Å². The maximum absolute atomic E-state index is 14.0. The Bertz CT molecular complexity index is 633. The number of halogens is 3. The third-order valence-corrected chi connectivity index (χ3v) is 4.72. The first kappa shape index (κ1) is 15.2. The van der Waals surface area contributed by atoms with Crippen LogP contribution < -0.4 is 0 Å². The highest BCUT2D eigenvalue weighted by Gasteiger charge is 2.52. The fourth-order valence-corrected chi connectivity index (χ4v) is 3.33. The molecule has 1 saturated heterocycles. The van der Waals surface area contributed by atoms with Gasteiger partial charge in [-0.2, -0.15) is 0 Å². The van der Waals surface area contributed by atoms with Crippen LogP contribution >= 0.6 is 11.6 Å². The number of rotatable bonds is 3. The topological polar surface area (TPSA) is 57.6 Å². The summed E-state index contributed by atoms with van der Waals surface area (Å²) < 4.78 is 27.8. The van der Waals surface area contributed by atoms with Gasteiger partial charge in [0.05, 0.1) is 6.54 Å². The quantitative estimate of drug-likeness (QED) is 0.927. The van der Waals surface area contributed by atoms with Crippen LogP contribution in [0.3, 0.4) is 0 Å². The number of carboxylic acid groups (broad SMARTS) is 1. The molecule has 1 aromatic carbocycles. The molecule has 7 heteroatoms. The maximum Gasteiger partial charge on any atom is 0.343 e. The molecule has 0 radical (unpaired) electrons. The number of benzene rings is 1. The average Bonchev–Trinajstić information content (AvgIpc) is 3.12. The molecule has 2 fully saturated rings. The first-order valence-corrected chi connectivity index (χ1v) is 7.36. The summed E-state index contributed by atoms with van der Waals surface area (Å²) >= 11 is 5.98. The lowest BCUT2D eigenvalue weighted by Crippen LogP contribution is -2.39. The maximum atomic E-state index is 14.0. The van der Waals surface area contributed by atoms with Crippen LogP contribution in [0, 0.1) is 11.7 Å². The Labute approximate surface area is 130 Å². The van der Waals surface area contributed by atoms with E-state index in [1.807, 2.05) is 0 Å². The molecule has 22 heavy (non-hydrogen) atoms. The fourth-order valence-electron chi connectivity index (χ4n) is 3.02. The molecule has 2 aliphatic rings. The summed E-state index contributed by atoms with van der Waals surface area (Å²) in [5.41, 5.74) is -2.07. The van der Waals surface area contributed by atoms with Crippen LogP contribution in [0.1, 0.15) is 24.3 Å². The first-order chi connectivity index (χ1) is 10.3. The number of carboxylic acids is 1. The van der Waals surface area contributed by atoms with E-state index in [1.165, 1.54) is 17.0 Å². The Hall–Kier alpha value is -1.69. The number of likely N-dealkylation sites (tertiary alicyclic amines) is 1. The van der Waals surface area contributed by atoms with E-state index in [9.17, 15) is 18.4 Å². The monoisotopic (exact) mass is 329 g/mol. The standard InChI is InChI=1S/C15H14ClF2NO3/c16-10-2-1-3-11(17)12(10)8-6-9(8)13(20)19-5-4-15(18,7-19)14(21)22/h1-3,8-9H,4-7H2,(H,21,22). The van der Waals surface area contributed by atoms with Crippen molar-refractivity contribution >= 4 is 23.5 Å². The molecular formula is C15H14ClF2NO3. The van der Waals surface area contributed by atoms with E-state index in [1.54, 1.807) is 6.07 Å². The lowest BCUT2D eigenvalue weighted by Gasteiger charge is -2.18. The molecule has 0 bridgehead atoms. The molecule has 118 valence electrons. The molecule has 0 spiro atoms. The fraction of sp³-hybridized carbons (Fsp3) is 0.467. The van der Waals surface area contributed by atoms with Crippen LogP contribution in [-0.4, -0.2) is 40.6 Å². The van der Waals surface area contributed by atoms with Gasteiger partial charge in [-0.25, -0.2) is 13.6 Å². The molecule has 1 aliphatic carbocycles. The van der Waals surface area contributed by atoms with E-state index in [2.05, 4.69) is 0 Å². The van der Waals surface area contributed by atoms with Gasteiger partial charge in [-0.3, -0.25) is 4.79 Å². The van der Waals surface area contributed by atoms with E-state index in [0.29, 0.717) is 12.0 Å². The van der Waals surface area contributed by atoms with Crippen molar-refractivity contribution in [1.82, 2.24) is 4.90 Å². The molecule has 1 aromatic rings. The van der Waals surface area contributed by atoms with Crippen molar-refractivity contribution in [3.63, 3.8) is 0 Å². The number of amides is 1. The minimum absolute atomic E-state index is 0.0653. The molecular weight excluding hydrogens is 316 g/mol. The lowest BCUT2D eigenvalue weighted by atomic mass is 10.1. The van der Waals surface area contributed by atoms with Gasteiger partial charge in [0.25, 0.3) is 0 Å². The van der Waals surface area contributed by atoms with Gasteiger partial charge in [0.15, 0.2) is 0 Å². The summed E-state index contributed by atoms with van der Waals surface area (Å²) in [6, 6.07) is 4.34. The third kappa shape index (κ3) is 2.45. The van der Waals surface area contributed by atoms with Crippen molar-refractivity contribution < 1.29 is 23.5 Å². The van der Waals surface area contributed by atoms with Gasteiger partial charge in [-0.15, -0.1) is 0 Å². The Morgan fingerprint density at radius 1 is 1.41 bits per heavy atom. The molecule has 1 amide bonds. The summed E-state index contributed by atoms with van der Waals surface area (Å²) in [6.07, 6.45) is 0.230. The number of aliphatic carboxylic acids is 1. The zero-order valence-corrected chi connectivity index (χ0v) is 12.3. The van der Waals surface area contributed by atoms with Crippen molar-refractivity contribution in [3.05, 3.63) is 34.6 Å². The number of alkyl halides is 1. The van der Waals surface area contributed by atoms with E-state index in [4.69, 9.17) is 16.7 Å². The number of carbonyl (C=O) groups excluding carboxylic acids is 1. The summed E-state index contributed by atoms with van der Waals surface area (Å²) in [6.45, 7) is -0.384. The zero-order chi connectivity index (χ0) is 16.1. The number of carbonyl (C=O) groups is 2. The van der Waals surface area contributed by atoms with E-state index in [-0.39, 0.29) is 29.8 Å². The molecule has 0 aromatic heterocycles. The second kappa shape index (κ2) is 5.19. The molecule has 3 rings (SSSR count). The van der Waals surface area contributed by atoms with Crippen molar-refractivity contribution in [2.45, 2.75) is 24.4 Å². The summed E-state index contributed by atoms with van der Waals surface area (Å²) in [5, 5.41) is 9.12. The molecule has 1 aliphatic heterocycles. The lowest BCUT2D eigenvalue weighted by molar-refractivity contribution is -0.150. The van der Waals surface area contributed by atoms with Crippen molar-refractivity contribution in [1.29, 1.82) is 0 Å². The van der Waals surface area contributed by atoms with Crippen molar-refractivity contribution in [3.8, 4) is 0 Å². The Morgan fingerprint density at radius 3 is 2.73 bits per heavy atom. The Morgan fingerprint density at radius 2 is 2.14 bits per heavy atom. The zero-order valence-electron chi connectivity index (χ0n) is 11.6. The van der Waals surface area contributed by atoms with Crippen LogP contribution in [-0.2, 0) is 9.59 Å². The minimum Gasteiger partial charge on any atom is -0.479 e. The van der Waals surface area contributed by atoms with Crippen LogP contribution in [0.2, 0.25) is 5.02 Å². The molecule has 1 saturated carbocycles. The van der Waals surface area contributed by atoms with Crippen LogP contribution in [0.25, 0.3) is 0 Å². The highest BCUT2D eigenvalue weighted by Crippen LogP contribution is 2.51. The summed E-state index contributed by atoms with van der Waals surface area (Å²) in [7, 11) is 0. The van der Waals surface area contributed by atoms with Gasteiger partial charge in [0.1, 0.15) is 5.82 Å². The third-order valence-electron chi connectivity index (χ3n) is 4.39. The van der Waals surface area contributed by atoms with Gasteiger partial charge >= 0.3 is 5.97 Å². The normalized spacial score (nSPS) is 30.4. The second-order valence-electron chi connectivity index (χ2n) is 5.86. The molecule has 3 unspecified atom stereocenters. The van der Waals surface area contributed by atoms with Gasteiger partial charge in [0.2, 0.25) is 11.6 Å². The number of hydrogen-bond donors (Lipinski definition) is 1. The summed E-state index contributed by atoms with van der Waals surface area (Å²) in [4.78, 5) is 24.4. The minimum atomic E-state index is -2.38. The van der Waals surface area contributed by atoms with Gasteiger partial charge in [-0.05, 0) is 18.6 Å². The summed E-state index contributed by atoms with van der Waals surface area (Å²) in [5.74, 6) is -3.11. The largest absolute Gasteiger partial charge is 0.479 e. The first-order valence-electron chi connectivity index (χ1n) is 6.98. The number of nitrogens with zero attached hydrogens (tertiary/aromatic N) is 1. The highest BCUT2D eigenvalue weighted by atomic mass is 35.5. The highest BCUT2D eigenvalue weighted by molar-refractivity contribution is 6.31. The molecule has 1 N–H and O–H groups in total. The van der Waals surface area contributed by atoms with E-state index in [0.717, 1.165) is 0 Å². The Balaban J connectivity index is 1.71. The van der Waals surface area contributed by atoms with Gasteiger partial charge < -0.3 is 10.0 Å². The Kier molecular flexibility index (Phi) is 3.59. The van der Waals surface area contributed by atoms with Crippen LogP contribution in [0.4, 0.5) is 8.78 Å². The van der Waals surface area contributed by atoms with Crippen LogP contribution in [0.5, 0.6) is 0 Å². The SMILES string of the molecule is O=C(C1CC1c1c(F)cccc1Cl)N1CCC(F)(C(=O)O)C1. The molecule has 1 heterocycles. The predicted octanol–water partition coefficient (Wildman–Crippen LogP) is 2.61. The van der Waals surface area contributed by atoms with Gasteiger partial charge in [-0.1, -0.05) is 17.7 Å². The van der Waals surface area contributed by atoms with Crippen LogP contribution in [0.15, 0.2) is 18.2 Å². The molecule has 3 atom stereocenters. The molecule has 4 nitrogen and oxygen atoms in total. The van der Waals surface area contributed by atoms with Crippen molar-refractivity contribution in [2.24, 2.45) is 5.92 Å². The second-order valence-corrected chi connectivity index (χ2v) is 6.27. The predicted molar refractivity (Wildman–Crippen MR) is 74.9 cm³/mol.